The lowest BCUT2D eigenvalue weighted by molar-refractivity contribution is -0.0740. The molecule has 1 rings (SSSR count). The molecule has 0 radical (unpaired) electrons. The van der Waals surface area contributed by atoms with Crippen LogP contribution in [0.5, 0.6) is 0 Å². The third-order valence-electron chi connectivity index (χ3n) is 3.57. The van der Waals surface area contributed by atoms with Crippen molar-refractivity contribution in [3.63, 3.8) is 0 Å². The number of methoxy groups -OCH3 is 1. The lowest BCUT2D eigenvalue weighted by atomic mass is 9.77. The largest absolute Gasteiger partial charge is 0.385 e. The number of rotatable bonds is 8. The Kier molecular flexibility index (Phi) is 6.45. The first-order chi connectivity index (χ1) is 8.04. The summed E-state index contributed by atoms with van der Waals surface area (Å²) in [5.41, 5.74) is 0.335. The molecular formula is C14H28O3. The van der Waals surface area contributed by atoms with Crippen LogP contribution in [0.1, 0.15) is 33.6 Å². The van der Waals surface area contributed by atoms with Crippen molar-refractivity contribution >= 4 is 0 Å². The van der Waals surface area contributed by atoms with E-state index in [0.29, 0.717) is 17.3 Å². The average Bonchev–Trinajstić information content (AvgIpc) is 2.17. The van der Waals surface area contributed by atoms with Gasteiger partial charge in [-0.05, 0) is 24.2 Å². The maximum absolute atomic E-state index is 5.72. The molecular weight excluding hydrogens is 216 g/mol. The Labute approximate surface area is 106 Å². The van der Waals surface area contributed by atoms with Gasteiger partial charge in [0.05, 0.1) is 19.8 Å². The van der Waals surface area contributed by atoms with Crippen molar-refractivity contribution in [3.05, 3.63) is 0 Å². The van der Waals surface area contributed by atoms with Gasteiger partial charge < -0.3 is 14.2 Å². The molecule has 0 spiro atoms. The van der Waals surface area contributed by atoms with E-state index in [1.807, 2.05) is 0 Å². The highest BCUT2D eigenvalue weighted by Crippen LogP contribution is 2.31. The number of hydrogen-bond acceptors (Lipinski definition) is 3. The van der Waals surface area contributed by atoms with Crippen molar-refractivity contribution in [2.24, 2.45) is 17.3 Å². The Morgan fingerprint density at radius 1 is 1.18 bits per heavy atom. The molecule has 3 heteroatoms. The molecule has 0 aliphatic carbocycles. The molecule has 0 amide bonds. The monoisotopic (exact) mass is 244 g/mol. The third kappa shape index (κ3) is 5.84. The number of hydrogen-bond donors (Lipinski definition) is 0. The predicted molar refractivity (Wildman–Crippen MR) is 69.2 cm³/mol. The highest BCUT2D eigenvalue weighted by Gasteiger charge is 2.24. The Morgan fingerprint density at radius 3 is 2.29 bits per heavy atom. The van der Waals surface area contributed by atoms with E-state index in [2.05, 4.69) is 20.8 Å². The molecule has 3 nitrogen and oxygen atoms in total. The normalized spacial score (nSPS) is 19.1. The van der Waals surface area contributed by atoms with E-state index in [0.717, 1.165) is 45.9 Å². The summed E-state index contributed by atoms with van der Waals surface area (Å²) in [5, 5.41) is 0. The zero-order valence-electron chi connectivity index (χ0n) is 11.8. The lowest BCUT2D eigenvalue weighted by Gasteiger charge is -2.31. The Morgan fingerprint density at radius 2 is 1.82 bits per heavy atom. The SMILES string of the molecule is COCCC(CCOCC1COC1)C(C)(C)C. The molecule has 102 valence electrons. The molecule has 1 heterocycles. The fourth-order valence-corrected chi connectivity index (χ4v) is 2.13. The van der Waals surface area contributed by atoms with Crippen molar-refractivity contribution in [2.45, 2.75) is 33.6 Å². The van der Waals surface area contributed by atoms with Crippen molar-refractivity contribution < 1.29 is 14.2 Å². The van der Waals surface area contributed by atoms with Gasteiger partial charge in [0.25, 0.3) is 0 Å². The molecule has 1 aliphatic rings. The first kappa shape index (κ1) is 14.9. The summed E-state index contributed by atoms with van der Waals surface area (Å²) < 4.78 is 16.0. The molecule has 1 atom stereocenters. The second-order valence-electron chi connectivity index (χ2n) is 6.11. The summed E-state index contributed by atoms with van der Waals surface area (Å²) in [4.78, 5) is 0. The zero-order chi connectivity index (χ0) is 12.7. The first-order valence-electron chi connectivity index (χ1n) is 6.68. The summed E-state index contributed by atoms with van der Waals surface area (Å²) >= 11 is 0. The van der Waals surface area contributed by atoms with E-state index in [1.165, 1.54) is 0 Å². The van der Waals surface area contributed by atoms with Crippen molar-refractivity contribution in [2.75, 3.05) is 40.1 Å². The van der Waals surface area contributed by atoms with Gasteiger partial charge >= 0.3 is 0 Å². The van der Waals surface area contributed by atoms with Crippen LogP contribution in [0, 0.1) is 17.3 Å². The van der Waals surface area contributed by atoms with E-state index in [1.54, 1.807) is 7.11 Å². The molecule has 0 N–H and O–H groups in total. The molecule has 1 unspecified atom stereocenters. The van der Waals surface area contributed by atoms with Crippen LogP contribution in [0.3, 0.4) is 0 Å². The zero-order valence-corrected chi connectivity index (χ0v) is 11.8. The quantitative estimate of drug-likeness (QED) is 0.614. The second kappa shape index (κ2) is 7.34. The Balaban J connectivity index is 2.13. The van der Waals surface area contributed by atoms with Gasteiger partial charge in [0.2, 0.25) is 0 Å². The summed E-state index contributed by atoms with van der Waals surface area (Å²) in [6, 6.07) is 0. The summed E-state index contributed by atoms with van der Waals surface area (Å²) in [5.74, 6) is 1.31. The molecule has 0 aromatic heterocycles. The molecule has 0 aromatic rings. The van der Waals surface area contributed by atoms with Gasteiger partial charge in [-0.25, -0.2) is 0 Å². The predicted octanol–water partition coefficient (Wildman–Crippen LogP) is 2.74. The molecule has 1 aliphatic heterocycles. The fourth-order valence-electron chi connectivity index (χ4n) is 2.13. The van der Waals surface area contributed by atoms with Gasteiger partial charge in [0.15, 0.2) is 0 Å². The molecule has 0 bridgehead atoms. The minimum atomic E-state index is 0.335. The lowest BCUT2D eigenvalue weighted by Crippen LogP contribution is -2.32. The second-order valence-corrected chi connectivity index (χ2v) is 6.11. The van der Waals surface area contributed by atoms with E-state index >= 15 is 0 Å². The first-order valence-corrected chi connectivity index (χ1v) is 6.68. The smallest absolute Gasteiger partial charge is 0.0538 e. The minimum Gasteiger partial charge on any atom is -0.385 e. The molecule has 17 heavy (non-hydrogen) atoms. The van der Waals surface area contributed by atoms with Gasteiger partial charge in [0.1, 0.15) is 0 Å². The standard InChI is InChI=1S/C14H28O3/c1-14(2,3)13(5-7-15-4)6-8-16-9-12-10-17-11-12/h12-13H,5-11H2,1-4H3. The van der Waals surface area contributed by atoms with Crippen LogP contribution < -0.4 is 0 Å². The van der Waals surface area contributed by atoms with Crippen molar-refractivity contribution in [3.8, 4) is 0 Å². The number of ether oxygens (including phenoxy) is 3. The van der Waals surface area contributed by atoms with Crippen molar-refractivity contribution in [1.29, 1.82) is 0 Å². The molecule has 1 saturated heterocycles. The summed E-state index contributed by atoms with van der Waals surface area (Å²) in [6.45, 7) is 11.2. The fraction of sp³-hybridized carbons (Fsp3) is 1.00. The molecule has 0 saturated carbocycles. The third-order valence-corrected chi connectivity index (χ3v) is 3.57. The van der Waals surface area contributed by atoms with E-state index in [4.69, 9.17) is 14.2 Å². The van der Waals surface area contributed by atoms with E-state index < -0.39 is 0 Å². The van der Waals surface area contributed by atoms with Crippen LogP contribution in [0.15, 0.2) is 0 Å². The maximum atomic E-state index is 5.72. The Bertz CT molecular complexity index is 194. The van der Waals surface area contributed by atoms with Crippen LogP contribution in [-0.2, 0) is 14.2 Å². The van der Waals surface area contributed by atoms with Crippen LogP contribution in [0.2, 0.25) is 0 Å². The summed E-state index contributed by atoms with van der Waals surface area (Å²) in [6.07, 6.45) is 2.25. The van der Waals surface area contributed by atoms with Gasteiger partial charge in [-0.3, -0.25) is 0 Å². The van der Waals surface area contributed by atoms with Gasteiger partial charge in [-0.1, -0.05) is 20.8 Å². The van der Waals surface area contributed by atoms with Crippen LogP contribution >= 0.6 is 0 Å². The maximum Gasteiger partial charge on any atom is 0.0538 e. The molecule has 0 aromatic carbocycles. The van der Waals surface area contributed by atoms with Crippen LogP contribution in [0.4, 0.5) is 0 Å². The van der Waals surface area contributed by atoms with Gasteiger partial charge in [0, 0.05) is 26.2 Å². The Hall–Kier alpha value is -0.120. The van der Waals surface area contributed by atoms with E-state index in [9.17, 15) is 0 Å². The van der Waals surface area contributed by atoms with Gasteiger partial charge in [-0.15, -0.1) is 0 Å². The topological polar surface area (TPSA) is 27.7 Å². The van der Waals surface area contributed by atoms with Crippen LogP contribution in [-0.4, -0.2) is 40.1 Å². The average molecular weight is 244 g/mol. The molecule has 1 fully saturated rings. The highest BCUT2D eigenvalue weighted by atomic mass is 16.5. The van der Waals surface area contributed by atoms with Crippen LogP contribution in [0.25, 0.3) is 0 Å². The minimum absolute atomic E-state index is 0.335. The highest BCUT2D eigenvalue weighted by molar-refractivity contribution is 4.74. The van der Waals surface area contributed by atoms with Crippen molar-refractivity contribution in [1.82, 2.24) is 0 Å². The van der Waals surface area contributed by atoms with E-state index in [-0.39, 0.29) is 0 Å². The summed E-state index contributed by atoms with van der Waals surface area (Å²) in [7, 11) is 1.77. The van der Waals surface area contributed by atoms with Gasteiger partial charge in [-0.2, -0.15) is 0 Å².